The molecule has 1 fully saturated rings. The second kappa shape index (κ2) is 7.69. The van der Waals surface area contributed by atoms with Gasteiger partial charge < -0.3 is 19.7 Å². The number of rotatable bonds is 5. The molecule has 146 valence electrons. The van der Waals surface area contributed by atoms with Gasteiger partial charge in [-0.1, -0.05) is 6.07 Å². The lowest BCUT2D eigenvalue weighted by atomic mass is 10.0. The first kappa shape index (κ1) is 18.6. The van der Waals surface area contributed by atoms with Crippen molar-refractivity contribution in [1.82, 2.24) is 0 Å². The first-order chi connectivity index (χ1) is 13.5. The maximum atomic E-state index is 14.1. The van der Waals surface area contributed by atoms with E-state index >= 15 is 0 Å². The van der Waals surface area contributed by atoms with Crippen molar-refractivity contribution in [1.29, 1.82) is 0 Å². The summed E-state index contributed by atoms with van der Waals surface area (Å²) in [7, 11) is 1.99. The van der Waals surface area contributed by atoms with Crippen LogP contribution in [0.25, 0.3) is 0 Å². The molecule has 1 N–H and O–H groups in total. The summed E-state index contributed by atoms with van der Waals surface area (Å²) in [5.74, 6) is -1.40. The van der Waals surface area contributed by atoms with E-state index in [1.54, 1.807) is 12.1 Å². The van der Waals surface area contributed by atoms with E-state index in [1.165, 1.54) is 12.3 Å². The van der Waals surface area contributed by atoms with Crippen LogP contribution in [0.5, 0.6) is 0 Å². The van der Waals surface area contributed by atoms with E-state index in [2.05, 4.69) is 15.2 Å². The molecule has 2 aromatic rings. The minimum Gasteiger partial charge on any atom is -0.369 e. The Balaban J connectivity index is 1.50. The Morgan fingerprint density at radius 1 is 1.29 bits per heavy atom. The van der Waals surface area contributed by atoms with Crippen molar-refractivity contribution in [3.8, 4) is 0 Å². The highest BCUT2D eigenvalue weighted by atomic mass is 19.1. The fourth-order valence-electron chi connectivity index (χ4n) is 3.59. The Kier molecular flexibility index (Phi) is 5.11. The zero-order valence-corrected chi connectivity index (χ0v) is 15.8. The largest absolute Gasteiger partial charge is 0.369 e. The summed E-state index contributed by atoms with van der Waals surface area (Å²) in [5, 5.41) is 2.69. The zero-order chi connectivity index (χ0) is 19.7. The molecule has 1 amide bonds. The third-order valence-corrected chi connectivity index (χ3v) is 4.98. The number of ether oxygens (including phenoxy) is 2. The van der Waals surface area contributed by atoms with E-state index in [4.69, 9.17) is 9.47 Å². The highest BCUT2D eigenvalue weighted by Gasteiger charge is 2.31. The van der Waals surface area contributed by atoms with Crippen molar-refractivity contribution in [2.24, 2.45) is 4.99 Å². The average molecular weight is 383 g/mol. The van der Waals surface area contributed by atoms with Crippen LogP contribution in [0.4, 0.5) is 21.5 Å². The maximum Gasteiger partial charge on any atom is 0.237 e. The smallest absolute Gasteiger partial charge is 0.237 e. The van der Waals surface area contributed by atoms with E-state index in [0.29, 0.717) is 36.7 Å². The molecule has 6 nitrogen and oxygen atoms in total. The van der Waals surface area contributed by atoms with Gasteiger partial charge in [0.1, 0.15) is 11.7 Å². The zero-order valence-electron chi connectivity index (χ0n) is 15.8. The van der Waals surface area contributed by atoms with Crippen molar-refractivity contribution in [3.63, 3.8) is 0 Å². The highest BCUT2D eigenvalue weighted by molar-refractivity contribution is 6.12. The molecule has 7 heteroatoms. The number of carbonyl (C=O) groups is 1. The number of aliphatic imine (C=N–C) groups is 1. The predicted molar refractivity (Wildman–Crippen MR) is 106 cm³/mol. The maximum absolute atomic E-state index is 14.1. The molecular formula is C21H22FN3O3. The lowest BCUT2D eigenvalue weighted by Crippen LogP contribution is -2.30. The fraction of sp³-hybridized carbons (Fsp3) is 0.333. The van der Waals surface area contributed by atoms with Crippen LogP contribution in [0.2, 0.25) is 0 Å². The van der Waals surface area contributed by atoms with Crippen LogP contribution in [0.15, 0.2) is 41.4 Å². The summed E-state index contributed by atoms with van der Waals surface area (Å²) in [6.45, 7) is 3.90. The number of halogens is 1. The molecule has 1 saturated heterocycles. The number of likely N-dealkylation sites (N-methyl/N-ethyl adjacent to an activating group) is 1. The summed E-state index contributed by atoms with van der Waals surface area (Å²) in [6.07, 6.45) is 1.29. The second-order valence-electron chi connectivity index (χ2n) is 6.97. The van der Waals surface area contributed by atoms with Crippen LogP contribution in [-0.4, -0.2) is 45.2 Å². The van der Waals surface area contributed by atoms with E-state index in [0.717, 1.165) is 11.3 Å². The van der Waals surface area contributed by atoms with Gasteiger partial charge in [0, 0.05) is 30.2 Å². The van der Waals surface area contributed by atoms with Gasteiger partial charge in [0.05, 0.1) is 25.4 Å². The van der Waals surface area contributed by atoms with Crippen molar-refractivity contribution < 1.29 is 18.7 Å². The van der Waals surface area contributed by atoms with E-state index in [-0.39, 0.29) is 12.2 Å². The predicted octanol–water partition coefficient (Wildman–Crippen LogP) is 3.38. The van der Waals surface area contributed by atoms with Crippen LogP contribution in [0.1, 0.15) is 17.0 Å². The number of carbonyl (C=O) groups excluding carboxylic acids is 1. The van der Waals surface area contributed by atoms with E-state index < -0.39 is 11.7 Å². The molecule has 1 atom stereocenters. The lowest BCUT2D eigenvalue weighted by Gasteiger charge is -2.24. The van der Waals surface area contributed by atoms with Gasteiger partial charge in [-0.2, -0.15) is 0 Å². The molecule has 2 heterocycles. The van der Waals surface area contributed by atoms with Gasteiger partial charge in [-0.3, -0.25) is 9.79 Å². The van der Waals surface area contributed by atoms with Gasteiger partial charge in [0.2, 0.25) is 5.91 Å². The lowest BCUT2D eigenvalue weighted by molar-refractivity contribution is -0.115. The van der Waals surface area contributed by atoms with Gasteiger partial charge in [-0.25, -0.2) is 4.39 Å². The second-order valence-corrected chi connectivity index (χ2v) is 6.97. The molecule has 0 aliphatic carbocycles. The standard InChI is InChI=1S/C21H22FN3O3/c1-13-10-14(6-7-18(13)25(2)12-19-27-8-9-28-19)23-11-15-20-16(22)4-3-5-17(20)24-21(15)26/h3-7,10-11,15,19H,8-9,12H2,1-2H3,(H,24,26). The number of nitrogens with zero attached hydrogens (tertiary/aromatic N) is 2. The van der Waals surface area contributed by atoms with E-state index in [1.807, 2.05) is 32.2 Å². The molecule has 2 aliphatic heterocycles. The molecular weight excluding hydrogens is 361 g/mol. The molecule has 0 spiro atoms. The van der Waals surface area contributed by atoms with Crippen molar-refractivity contribution in [2.45, 2.75) is 19.1 Å². The van der Waals surface area contributed by atoms with Crippen molar-refractivity contribution in [3.05, 3.63) is 53.3 Å². The van der Waals surface area contributed by atoms with Gasteiger partial charge in [0.25, 0.3) is 0 Å². The normalized spacial score (nSPS) is 19.2. The Morgan fingerprint density at radius 2 is 2.07 bits per heavy atom. The minimum atomic E-state index is -0.726. The number of benzene rings is 2. The van der Waals surface area contributed by atoms with Crippen molar-refractivity contribution >= 4 is 29.2 Å². The fourth-order valence-corrected chi connectivity index (χ4v) is 3.59. The molecule has 28 heavy (non-hydrogen) atoms. The summed E-state index contributed by atoms with van der Waals surface area (Å²) >= 11 is 0. The summed E-state index contributed by atoms with van der Waals surface area (Å²) < 4.78 is 25.1. The van der Waals surface area contributed by atoms with Gasteiger partial charge >= 0.3 is 0 Å². The quantitative estimate of drug-likeness (QED) is 0.804. The highest BCUT2D eigenvalue weighted by Crippen LogP contribution is 2.34. The Hall–Kier alpha value is -2.77. The first-order valence-electron chi connectivity index (χ1n) is 9.21. The Bertz CT molecular complexity index is 925. The van der Waals surface area contributed by atoms with Gasteiger partial charge in [-0.15, -0.1) is 0 Å². The van der Waals surface area contributed by atoms with E-state index in [9.17, 15) is 9.18 Å². The number of hydrogen-bond acceptors (Lipinski definition) is 5. The number of amides is 1. The van der Waals surface area contributed by atoms with Crippen LogP contribution in [-0.2, 0) is 14.3 Å². The number of anilines is 2. The monoisotopic (exact) mass is 383 g/mol. The topological polar surface area (TPSA) is 63.2 Å². The Labute approximate surface area is 163 Å². The first-order valence-corrected chi connectivity index (χ1v) is 9.21. The molecule has 4 rings (SSSR count). The molecule has 0 bridgehead atoms. The van der Waals surface area contributed by atoms with Crippen LogP contribution >= 0.6 is 0 Å². The molecule has 2 aromatic carbocycles. The Morgan fingerprint density at radius 3 is 2.82 bits per heavy atom. The number of fused-ring (bicyclic) bond motifs is 1. The average Bonchev–Trinajstić information content (AvgIpc) is 3.27. The minimum absolute atomic E-state index is 0.210. The third-order valence-electron chi connectivity index (χ3n) is 4.98. The van der Waals surface area contributed by atoms with Crippen LogP contribution < -0.4 is 10.2 Å². The van der Waals surface area contributed by atoms with Crippen molar-refractivity contribution in [2.75, 3.05) is 37.0 Å². The van der Waals surface area contributed by atoms with Crippen LogP contribution in [0.3, 0.4) is 0 Å². The molecule has 0 aromatic heterocycles. The SMILES string of the molecule is Cc1cc(N=CC2C(=O)Nc3cccc(F)c32)ccc1N(C)CC1OCCO1. The van der Waals surface area contributed by atoms with Gasteiger partial charge in [0.15, 0.2) is 6.29 Å². The summed E-state index contributed by atoms with van der Waals surface area (Å²) in [5.41, 5.74) is 3.65. The molecule has 0 saturated carbocycles. The number of hydrogen-bond donors (Lipinski definition) is 1. The summed E-state index contributed by atoms with van der Waals surface area (Å²) in [6, 6.07) is 10.4. The third kappa shape index (κ3) is 3.63. The summed E-state index contributed by atoms with van der Waals surface area (Å²) in [4.78, 5) is 18.7. The molecule has 0 radical (unpaired) electrons. The number of aryl methyl sites for hydroxylation is 1. The molecule has 2 aliphatic rings. The van der Waals surface area contributed by atoms with Gasteiger partial charge in [-0.05, 0) is 42.8 Å². The van der Waals surface area contributed by atoms with Crippen LogP contribution in [0, 0.1) is 12.7 Å². The number of nitrogens with one attached hydrogen (secondary N) is 1. The molecule has 1 unspecified atom stereocenters.